The minimum atomic E-state index is -4.96. The first-order valence-corrected chi connectivity index (χ1v) is 42.6. The van der Waals surface area contributed by atoms with E-state index in [1.807, 2.05) is 0 Å². The van der Waals surface area contributed by atoms with Gasteiger partial charge in [0.15, 0.2) is 12.2 Å². The van der Waals surface area contributed by atoms with Crippen LogP contribution in [0.4, 0.5) is 0 Å². The average molecular weight is 1400 g/mol. The van der Waals surface area contributed by atoms with Gasteiger partial charge in [0.05, 0.1) is 26.4 Å². The minimum absolute atomic E-state index is 0.108. The SMILES string of the molecule is CCCCCCCCCCCCCCCCCCCC(=O)O[C@H](COC(=O)CCCCCCCCCCCCCCCC(C)C)COP(=O)(O)OC[C@@H](O)COP(=O)(O)OC[C@@H](COC(=O)CCCCCCCCCCCC)OC(=O)CCCCCCCCCCCCCC. The van der Waals surface area contributed by atoms with Gasteiger partial charge < -0.3 is 33.8 Å². The molecule has 0 spiro atoms. The lowest BCUT2D eigenvalue weighted by Crippen LogP contribution is -2.30. The number of phosphoric acid groups is 2. The van der Waals surface area contributed by atoms with Gasteiger partial charge in [0.25, 0.3) is 0 Å². The number of hydrogen-bond donors (Lipinski definition) is 3. The Balaban J connectivity index is 5.24. The Morgan fingerprint density at radius 3 is 0.716 bits per heavy atom. The van der Waals surface area contributed by atoms with Gasteiger partial charge >= 0.3 is 39.5 Å². The number of carbonyl (C=O) groups excluding carboxylic acids is 4. The Morgan fingerprint density at radius 1 is 0.284 bits per heavy atom. The average Bonchev–Trinajstić information content (AvgIpc) is 1.76. The molecule has 0 aromatic rings. The van der Waals surface area contributed by atoms with Gasteiger partial charge in [-0.1, -0.05) is 349 Å². The van der Waals surface area contributed by atoms with Crippen molar-refractivity contribution in [3.63, 3.8) is 0 Å². The van der Waals surface area contributed by atoms with Crippen LogP contribution in [0.3, 0.4) is 0 Å². The predicted octanol–water partition coefficient (Wildman–Crippen LogP) is 22.5. The van der Waals surface area contributed by atoms with Crippen molar-refractivity contribution in [1.29, 1.82) is 0 Å². The predicted molar refractivity (Wildman–Crippen MR) is 386 cm³/mol. The molecule has 5 atom stereocenters. The largest absolute Gasteiger partial charge is 0.472 e. The molecule has 0 amide bonds. The fourth-order valence-corrected chi connectivity index (χ4v) is 13.3. The third-order valence-corrected chi connectivity index (χ3v) is 19.7. The normalized spacial score (nSPS) is 13.9. The lowest BCUT2D eigenvalue weighted by molar-refractivity contribution is -0.161. The maximum absolute atomic E-state index is 13.1. The molecular formula is C76H148O17P2. The second-order valence-electron chi connectivity index (χ2n) is 27.9. The van der Waals surface area contributed by atoms with Crippen LogP contribution in [0.25, 0.3) is 0 Å². The summed E-state index contributed by atoms with van der Waals surface area (Å²) >= 11 is 0. The summed E-state index contributed by atoms with van der Waals surface area (Å²) < 4.78 is 68.5. The van der Waals surface area contributed by atoms with E-state index >= 15 is 0 Å². The van der Waals surface area contributed by atoms with Crippen LogP contribution >= 0.6 is 15.6 Å². The highest BCUT2D eigenvalue weighted by molar-refractivity contribution is 7.47. The smallest absolute Gasteiger partial charge is 0.462 e. The van der Waals surface area contributed by atoms with Crippen LogP contribution in [-0.2, 0) is 65.4 Å². The number of aliphatic hydroxyl groups excluding tert-OH is 1. The van der Waals surface area contributed by atoms with Crippen molar-refractivity contribution in [3.8, 4) is 0 Å². The number of ether oxygens (including phenoxy) is 4. The van der Waals surface area contributed by atoms with Gasteiger partial charge in [0.2, 0.25) is 0 Å². The Morgan fingerprint density at radius 2 is 0.484 bits per heavy atom. The molecule has 0 aliphatic carbocycles. The maximum Gasteiger partial charge on any atom is 0.472 e. The molecule has 0 aromatic heterocycles. The van der Waals surface area contributed by atoms with Gasteiger partial charge in [0, 0.05) is 25.7 Å². The Labute approximate surface area is 581 Å². The number of carbonyl (C=O) groups is 4. The highest BCUT2D eigenvalue weighted by Crippen LogP contribution is 2.45. The summed E-state index contributed by atoms with van der Waals surface area (Å²) in [4.78, 5) is 72.8. The zero-order valence-electron chi connectivity index (χ0n) is 61.8. The number of phosphoric ester groups is 2. The molecule has 0 radical (unpaired) electrons. The summed E-state index contributed by atoms with van der Waals surface area (Å²) in [6, 6.07) is 0. The van der Waals surface area contributed by atoms with Crippen LogP contribution in [0.2, 0.25) is 0 Å². The summed E-state index contributed by atoms with van der Waals surface area (Å²) in [5.41, 5.74) is 0. The van der Waals surface area contributed by atoms with E-state index in [4.69, 9.17) is 37.0 Å². The molecule has 0 rings (SSSR count). The van der Waals surface area contributed by atoms with E-state index in [1.165, 1.54) is 225 Å². The molecule has 0 fully saturated rings. The topological polar surface area (TPSA) is 237 Å². The first kappa shape index (κ1) is 93.1. The van der Waals surface area contributed by atoms with Crippen molar-refractivity contribution in [3.05, 3.63) is 0 Å². The molecule has 0 saturated heterocycles. The van der Waals surface area contributed by atoms with Crippen LogP contribution in [0, 0.1) is 5.92 Å². The quantitative estimate of drug-likeness (QED) is 0.0222. The van der Waals surface area contributed by atoms with Crippen molar-refractivity contribution in [2.24, 2.45) is 5.92 Å². The Hall–Kier alpha value is -1.94. The fraction of sp³-hybridized carbons (Fsp3) is 0.947. The number of rotatable bonds is 76. The molecule has 0 saturated carbocycles. The van der Waals surface area contributed by atoms with Gasteiger partial charge in [-0.25, -0.2) is 9.13 Å². The molecule has 19 heteroatoms. The monoisotopic (exact) mass is 1400 g/mol. The summed E-state index contributed by atoms with van der Waals surface area (Å²) in [6.07, 6.45) is 58.1. The first-order chi connectivity index (χ1) is 46.0. The van der Waals surface area contributed by atoms with E-state index in [9.17, 15) is 43.2 Å². The van der Waals surface area contributed by atoms with Gasteiger partial charge in [-0.2, -0.15) is 0 Å². The van der Waals surface area contributed by atoms with E-state index in [1.54, 1.807) is 0 Å². The van der Waals surface area contributed by atoms with Crippen LogP contribution in [0.15, 0.2) is 0 Å². The van der Waals surface area contributed by atoms with Crippen LogP contribution in [0.1, 0.15) is 401 Å². The zero-order chi connectivity index (χ0) is 69.8. The molecule has 2 unspecified atom stereocenters. The maximum atomic E-state index is 13.1. The number of esters is 4. The number of hydrogen-bond acceptors (Lipinski definition) is 15. The first-order valence-electron chi connectivity index (χ1n) is 39.6. The van der Waals surface area contributed by atoms with Gasteiger partial charge in [-0.3, -0.25) is 37.3 Å². The van der Waals surface area contributed by atoms with Crippen molar-refractivity contribution in [1.82, 2.24) is 0 Å². The fourth-order valence-electron chi connectivity index (χ4n) is 11.7. The summed E-state index contributed by atoms with van der Waals surface area (Å²) in [7, 11) is -9.91. The molecule has 0 aliphatic rings. The molecule has 3 N–H and O–H groups in total. The van der Waals surface area contributed by atoms with E-state index in [2.05, 4.69) is 34.6 Å². The number of aliphatic hydroxyl groups is 1. The molecule has 564 valence electrons. The summed E-state index contributed by atoms with van der Waals surface area (Å²) in [6.45, 7) is 7.31. The summed E-state index contributed by atoms with van der Waals surface area (Å²) in [5.74, 6) is -1.32. The zero-order valence-corrected chi connectivity index (χ0v) is 63.6. The highest BCUT2D eigenvalue weighted by atomic mass is 31.2. The summed E-state index contributed by atoms with van der Waals surface area (Å²) in [5, 5.41) is 10.6. The third kappa shape index (κ3) is 70.3. The van der Waals surface area contributed by atoms with E-state index < -0.39 is 97.5 Å². The van der Waals surface area contributed by atoms with Crippen molar-refractivity contribution in [2.45, 2.75) is 419 Å². The lowest BCUT2D eigenvalue weighted by Gasteiger charge is -2.21. The highest BCUT2D eigenvalue weighted by Gasteiger charge is 2.30. The Kier molecular flexibility index (Phi) is 67.7. The standard InChI is InChI=1S/C76H148O17P2/c1-6-9-12-15-18-21-24-26-27-28-29-32-37-42-47-52-57-62-76(81)93-72(66-87-74(79)60-55-50-45-40-36-33-30-31-34-38-43-48-53-58-69(4)5)68-91-95(84,85)89-64-70(77)63-88-94(82,83)90-67-71(65-86-73(78)59-54-49-44-39-23-20-17-14-11-8-3)92-75(80)61-56-51-46-41-35-25-22-19-16-13-10-7-2/h69-72,77H,6-68H2,1-5H3,(H,82,83)(H,84,85)/t70-,71+,72+/m0/s1. The second-order valence-corrected chi connectivity index (χ2v) is 30.8. The van der Waals surface area contributed by atoms with Crippen LogP contribution in [0.5, 0.6) is 0 Å². The molecule has 0 aliphatic heterocycles. The van der Waals surface area contributed by atoms with Crippen LogP contribution in [-0.4, -0.2) is 96.7 Å². The second kappa shape index (κ2) is 69.2. The molecule has 0 bridgehead atoms. The lowest BCUT2D eigenvalue weighted by atomic mass is 10.0. The third-order valence-electron chi connectivity index (χ3n) is 17.8. The molecule has 95 heavy (non-hydrogen) atoms. The molecule has 0 heterocycles. The van der Waals surface area contributed by atoms with E-state index in [-0.39, 0.29) is 25.7 Å². The molecular weight excluding hydrogens is 1250 g/mol. The Bertz CT molecular complexity index is 1820. The van der Waals surface area contributed by atoms with Gasteiger partial charge in [0.1, 0.15) is 19.3 Å². The number of unbranched alkanes of at least 4 members (excludes halogenated alkanes) is 48. The minimum Gasteiger partial charge on any atom is -0.462 e. The molecule has 17 nitrogen and oxygen atoms in total. The van der Waals surface area contributed by atoms with Gasteiger partial charge in [-0.15, -0.1) is 0 Å². The van der Waals surface area contributed by atoms with Crippen molar-refractivity contribution < 1.29 is 80.2 Å². The molecule has 0 aromatic carbocycles. The van der Waals surface area contributed by atoms with Crippen molar-refractivity contribution >= 4 is 39.5 Å². The van der Waals surface area contributed by atoms with E-state index in [0.717, 1.165) is 95.8 Å². The van der Waals surface area contributed by atoms with E-state index in [0.29, 0.717) is 25.7 Å². The van der Waals surface area contributed by atoms with Crippen LogP contribution < -0.4 is 0 Å². The van der Waals surface area contributed by atoms with Gasteiger partial charge in [-0.05, 0) is 31.6 Å². The van der Waals surface area contributed by atoms with Crippen molar-refractivity contribution in [2.75, 3.05) is 39.6 Å².